The highest BCUT2D eigenvalue weighted by atomic mass is 16.6. The predicted molar refractivity (Wildman–Crippen MR) is 97.9 cm³/mol. The third kappa shape index (κ3) is 3.64. The van der Waals surface area contributed by atoms with Crippen LogP contribution in [0.25, 0.3) is 0 Å². The van der Waals surface area contributed by atoms with Crippen molar-refractivity contribution < 1.29 is 23.7 Å². The number of benzene rings is 1. The van der Waals surface area contributed by atoms with Crippen molar-refractivity contribution in [3.05, 3.63) is 62.6 Å². The van der Waals surface area contributed by atoms with Crippen LogP contribution in [0.1, 0.15) is 62.9 Å². The molecule has 0 saturated heterocycles. The van der Waals surface area contributed by atoms with Crippen molar-refractivity contribution in [2.75, 3.05) is 0 Å². The maximum Gasteiger partial charge on any atom is 0.305 e. The van der Waals surface area contributed by atoms with E-state index in [-0.39, 0.29) is 28.2 Å². The Balaban J connectivity index is 1.74. The number of ketones is 1. The highest BCUT2D eigenvalue weighted by molar-refractivity contribution is 6.04. The molecule has 1 aliphatic carbocycles. The first-order valence-corrected chi connectivity index (χ1v) is 8.59. The van der Waals surface area contributed by atoms with Gasteiger partial charge in [0.05, 0.1) is 10.5 Å². The summed E-state index contributed by atoms with van der Waals surface area (Å²) in [4.78, 5) is 47.1. The maximum atomic E-state index is 12.4. The number of nitro benzene ring substituents is 1. The smallest absolute Gasteiger partial charge is 0.305 e. The summed E-state index contributed by atoms with van der Waals surface area (Å²) >= 11 is 0. The molecular weight excluding hydrogens is 366 g/mol. The summed E-state index contributed by atoms with van der Waals surface area (Å²) < 4.78 is 5.62. The molecule has 28 heavy (non-hydrogen) atoms. The van der Waals surface area contributed by atoms with E-state index >= 15 is 0 Å². The number of Topliss-reactive ketones (excluding diaryl/α,β-unsaturated/α-hetero) is 1. The second kappa shape index (κ2) is 6.91. The van der Waals surface area contributed by atoms with E-state index in [0.717, 1.165) is 6.07 Å². The average molecular weight is 385 g/mol. The van der Waals surface area contributed by atoms with Gasteiger partial charge in [-0.1, -0.05) is 19.9 Å². The summed E-state index contributed by atoms with van der Waals surface area (Å²) in [6.45, 7) is 5.52. The molecular formula is C19H19N3O6. The molecule has 9 heteroatoms. The molecule has 146 valence electrons. The summed E-state index contributed by atoms with van der Waals surface area (Å²) in [7, 11) is 0. The van der Waals surface area contributed by atoms with Crippen LogP contribution >= 0.6 is 0 Å². The fourth-order valence-electron chi connectivity index (χ4n) is 3.30. The normalized spacial score (nSPS) is 14.9. The van der Waals surface area contributed by atoms with Crippen molar-refractivity contribution in [2.45, 2.75) is 33.6 Å². The van der Waals surface area contributed by atoms with Gasteiger partial charge in [-0.2, -0.15) is 0 Å². The number of furan rings is 1. The number of hydrogen-bond acceptors (Lipinski definition) is 6. The second-order valence-corrected chi connectivity index (χ2v) is 7.51. The van der Waals surface area contributed by atoms with E-state index in [9.17, 15) is 24.5 Å². The van der Waals surface area contributed by atoms with Gasteiger partial charge in [0.2, 0.25) is 0 Å². The Kier molecular flexibility index (Phi) is 4.76. The van der Waals surface area contributed by atoms with Crippen LogP contribution in [-0.2, 0) is 6.42 Å². The number of carbonyl (C=O) groups is 3. The Morgan fingerprint density at radius 3 is 2.54 bits per heavy atom. The van der Waals surface area contributed by atoms with Crippen molar-refractivity contribution in [1.29, 1.82) is 0 Å². The molecule has 2 N–H and O–H groups in total. The van der Waals surface area contributed by atoms with E-state index in [1.165, 1.54) is 18.2 Å². The van der Waals surface area contributed by atoms with Crippen molar-refractivity contribution >= 4 is 23.3 Å². The summed E-state index contributed by atoms with van der Waals surface area (Å²) in [5.41, 5.74) is 4.79. The molecule has 1 heterocycles. The summed E-state index contributed by atoms with van der Waals surface area (Å²) in [5, 5.41) is 10.8. The van der Waals surface area contributed by atoms with E-state index in [0.29, 0.717) is 29.7 Å². The minimum atomic E-state index is -0.719. The number of hydrazine groups is 1. The highest BCUT2D eigenvalue weighted by Crippen LogP contribution is 2.38. The van der Waals surface area contributed by atoms with Crippen LogP contribution in [0.2, 0.25) is 0 Å². The molecule has 2 amide bonds. The van der Waals surface area contributed by atoms with Gasteiger partial charge in [0.1, 0.15) is 5.76 Å². The first-order chi connectivity index (χ1) is 13.1. The fourth-order valence-corrected chi connectivity index (χ4v) is 3.30. The van der Waals surface area contributed by atoms with Crippen LogP contribution < -0.4 is 10.9 Å². The van der Waals surface area contributed by atoms with E-state index < -0.39 is 16.7 Å². The third-order valence-corrected chi connectivity index (χ3v) is 4.59. The summed E-state index contributed by atoms with van der Waals surface area (Å²) in [6.07, 6.45) is 0.896. The lowest BCUT2D eigenvalue weighted by molar-refractivity contribution is -0.384. The maximum absolute atomic E-state index is 12.4. The molecule has 1 aromatic heterocycles. The molecule has 0 spiro atoms. The number of carbonyl (C=O) groups excluding carboxylic acids is 3. The molecule has 0 fully saturated rings. The molecule has 0 radical (unpaired) electrons. The molecule has 0 bridgehead atoms. The van der Waals surface area contributed by atoms with Gasteiger partial charge < -0.3 is 4.42 Å². The fraction of sp³-hybridized carbons (Fsp3) is 0.316. The number of non-ortho nitro benzene ring substituents is 1. The van der Waals surface area contributed by atoms with Gasteiger partial charge in [-0.3, -0.25) is 35.3 Å². The molecule has 0 atom stereocenters. The van der Waals surface area contributed by atoms with E-state index in [1.54, 1.807) is 6.92 Å². The van der Waals surface area contributed by atoms with Gasteiger partial charge in [-0.05, 0) is 18.4 Å². The largest absolute Gasteiger partial charge is 0.455 e. The van der Waals surface area contributed by atoms with Crippen LogP contribution in [0.5, 0.6) is 0 Å². The number of nitrogens with one attached hydrogen (secondary N) is 2. The Bertz CT molecular complexity index is 1010. The zero-order valence-electron chi connectivity index (χ0n) is 15.6. The summed E-state index contributed by atoms with van der Waals surface area (Å²) in [5.74, 6) is -1.09. The predicted octanol–water partition coefficient (Wildman–Crippen LogP) is 2.73. The quantitative estimate of drug-likeness (QED) is 0.617. The van der Waals surface area contributed by atoms with E-state index in [1.807, 2.05) is 13.8 Å². The van der Waals surface area contributed by atoms with Gasteiger partial charge in [0.15, 0.2) is 11.5 Å². The Morgan fingerprint density at radius 1 is 1.18 bits per heavy atom. The van der Waals surface area contributed by atoms with E-state index in [2.05, 4.69) is 10.9 Å². The molecule has 3 rings (SSSR count). The number of hydrogen-bond donors (Lipinski definition) is 2. The zero-order valence-corrected chi connectivity index (χ0v) is 15.6. The topological polar surface area (TPSA) is 132 Å². The van der Waals surface area contributed by atoms with Crippen molar-refractivity contribution in [1.82, 2.24) is 10.9 Å². The zero-order chi connectivity index (χ0) is 20.6. The van der Waals surface area contributed by atoms with E-state index in [4.69, 9.17) is 4.42 Å². The lowest BCUT2D eigenvalue weighted by Gasteiger charge is -2.27. The SMILES string of the molecule is Cc1c(C(=O)NNC(=O)c2cccc([N+](=O)[O-])c2)oc2c1C(=O)CC(C)(C)C2. The molecule has 0 saturated carbocycles. The number of nitro groups is 1. The van der Waals surface area contributed by atoms with Crippen LogP contribution in [0.15, 0.2) is 28.7 Å². The monoisotopic (exact) mass is 385 g/mol. The average Bonchev–Trinajstić information content (AvgIpc) is 2.94. The Labute approximate surface area is 160 Å². The number of nitrogens with zero attached hydrogens (tertiary/aromatic N) is 1. The van der Waals surface area contributed by atoms with Gasteiger partial charge >= 0.3 is 5.91 Å². The van der Waals surface area contributed by atoms with Gasteiger partial charge in [-0.15, -0.1) is 0 Å². The lowest BCUT2D eigenvalue weighted by Crippen LogP contribution is -2.41. The first kappa shape index (κ1) is 19.3. The second-order valence-electron chi connectivity index (χ2n) is 7.51. The minimum Gasteiger partial charge on any atom is -0.455 e. The Hall–Kier alpha value is -3.49. The standard InChI is InChI=1S/C19H19N3O6/c1-10-15-13(23)8-19(2,3)9-14(15)28-16(10)18(25)21-20-17(24)11-5-4-6-12(7-11)22(26)27/h4-7H,8-9H2,1-3H3,(H,20,24)(H,21,25). The van der Waals surface area contributed by atoms with Crippen molar-refractivity contribution in [2.24, 2.45) is 5.41 Å². The highest BCUT2D eigenvalue weighted by Gasteiger charge is 2.37. The van der Waals surface area contributed by atoms with Gasteiger partial charge in [0, 0.05) is 36.1 Å². The molecule has 1 aliphatic rings. The number of fused-ring (bicyclic) bond motifs is 1. The number of rotatable bonds is 3. The summed E-state index contributed by atoms with van der Waals surface area (Å²) in [6, 6.07) is 5.10. The molecule has 9 nitrogen and oxygen atoms in total. The molecule has 2 aromatic rings. The lowest BCUT2D eigenvalue weighted by atomic mass is 9.76. The number of amides is 2. The molecule has 1 aromatic carbocycles. The molecule has 0 unspecified atom stereocenters. The van der Waals surface area contributed by atoms with Gasteiger partial charge in [-0.25, -0.2) is 0 Å². The minimum absolute atomic E-state index is 0.0156. The van der Waals surface area contributed by atoms with Crippen molar-refractivity contribution in [3.8, 4) is 0 Å². The van der Waals surface area contributed by atoms with Crippen LogP contribution in [0.4, 0.5) is 5.69 Å². The third-order valence-electron chi connectivity index (χ3n) is 4.59. The van der Waals surface area contributed by atoms with Crippen LogP contribution in [-0.4, -0.2) is 22.5 Å². The van der Waals surface area contributed by atoms with Gasteiger partial charge in [0.25, 0.3) is 11.6 Å². The van der Waals surface area contributed by atoms with Crippen LogP contribution in [0, 0.1) is 22.5 Å². The van der Waals surface area contributed by atoms with Crippen molar-refractivity contribution in [3.63, 3.8) is 0 Å². The first-order valence-electron chi connectivity index (χ1n) is 8.59. The molecule has 0 aliphatic heterocycles. The van der Waals surface area contributed by atoms with Crippen LogP contribution in [0.3, 0.4) is 0 Å². The Morgan fingerprint density at radius 2 is 1.86 bits per heavy atom.